The molecule has 1 aromatic carbocycles. The molecular formula is C23H27N3O3S. The third-order valence-electron chi connectivity index (χ3n) is 6.73. The van der Waals surface area contributed by atoms with Crippen LogP contribution in [0.4, 0.5) is 5.69 Å². The fourth-order valence-electron chi connectivity index (χ4n) is 5.04. The lowest BCUT2D eigenvalue weighted by Gasteiger charge is -2.35. The largest absolute Gasteiger partial charge is 0.310 e. The van der Waals surface area contributed by atoms with Crippen molar-refractivity contribution in [1.82, 2.24) is 9.29 Å². The maximum atomic E-state index is 13.2. The van der Waals surface area contributed by atoms with Gasteiger partial charge in [0.05, 0.1) is 16.3 Å². The predicted octanol–water partition coefficient (Wildman–Crippen LogP) is 2.95. The summed E-state index contributed by atoms with van der Waals surface area (Å²) in [5.74, 6) is -0.0267. The molecule has 0 radical (unpaired) electrons. The maximum Gasteiger partial charge on any atom is 0.243 e. The molecule has 5 rings (SSSR count). The summed E-state index contributed by atoms with van der Waals surface area (Å²) in [5, 5.41) is 0. The van der Waals surface area contributed by atoms with Crippen LogP contribution < -0.4 is 4.90 Å². The smallest absolute Gasteiger partial charge is 0.243 e. The quantitative estimate of drug-likeness (QED) is 0.758. The Balaban J connectivity index is 1.28. The van der Waals surface area contributed by atoms with Crippen molar-refractivity contribution in [3.63, 3.8) is 0 Å². The molecule has 0 bridgehead atoms. The Morgan fingerprint density at radius 1 is 0.967 bits per heavy atom. The molecular weight excluding hydrogens is 398 g/mol. The molecule has 2 aliphatic heterocycles. The fourth-order valence-corrected chi connectivity index (χ4v) is 6.56. The van der Waals surface area contributed by atoms with Crippen LogP contribution in [0.2, 0.25) is 0 Å². The Morgan fingerprint density at radius 3 is 2.60 bits per heavy atom. The van der Waals surface area contributed by atoms with Gasteiger partial charge in [-0.25, -0.2) is 8.42 Å². The van der Waals surface area contributed by atoms with Gasteiger partial charge in [-0.3, -0.25) is 9.78 Å². The van der Waals surface area contributed by atoms with Crippen LogP contribution in [-0.4, -0.2) is 43.2 Å². The summed E-state index contributed by atoms with van der Waals surface area (Å²) in [4.78, 5) is 19.9. The van der Waals surface area contributed by atoms with Crippen LogP contribution in [0.5, 0.6) is 0 Å². The van der Waals surface area contributed by atoms with Crippen LogP contribution in [0.3, 0.4) is 0 Å². The minimum atomic E-state index is -3.51. The zero-order valence-electron chi connectivity index (χ0n) is 17.1. The molecule has 0 spiro atoms. The number of aromatic nitrogens is 1. The van der Waals surface area contributed by atoms with Crippen molar-refractivity contribution in [2.45, 2.75) is 49.8 Å². The van der Waals surface area contributed by atoms with Gasteiger partial charge < -0.3 is 4.90 Å². The molecule has 0 atom stereocenters. The van der Waals surface area contributed by atoms with Gasteiger partial charge in [-0.15, -0.1) is 0 Å². The Hall–Kier alpha value is -2.25. The molecule has 6 nitrogen and oxygen atoms in total. The van der Waals surface area contributed by atoms with E-state index < -0.39 is 10.0 Å². The zero-order chi connectivity index (χ0) is 20.7. The highest BCUT2D eigenvalue weighted by atomic mass is 32.2. The van der Waals surface area contributed by atoms with E-state index in [-0.39, 0.29) is 11.8 Å². The number of carbonyl (C=O) groups is 1. The van der Waals surface area contributed by atoms with Crippen molar-refractivity contribution in [2.75, 3.05) is 24.5 Å². The Labute approximate surface area is 178 Å². The predicted molar refractivity (Wildman–Crippen MR) is 115 cm³/mol. The minimum absolute atomic E-state index is 0.110. The number of hydrogen-bond acceptors (Lipinski definition) is 4. The summed E-state index contributed by atoms with van der Waals surface area (Å²) >= 11 is 0. The number of piperidine rings is 1. The number of sulfonamides is 1. The minimum Gasteiger partial charge on any atom is -0.310 e. The number of fused-ring (bicyclic) bond motifs is 2. The summed E-state index contributed by atoms with van der Waals surface area (Å²) in [6.07, 6.45) is 7.82. The molecule has 0 saturated carbocycles. The van der Waals surface area contributed by atoms with Crippen LogP contribution in [0.1, 0.15) is 42.5 Å². The zero-order valence-corrected chi connectivity index (χ0v) is 17.9. The van der Waals surface area contributed by atoms with Gasteiger partial charge in [0.2, 0.25) is 15.9 Å². The van der Waals surface area contributed by atoms with Crippen molar-refractivity contribution in [3.05, 3.63) is 53.3 Å². The van der Waals surface area contributed by atoms with Crippen molar-refractivity contribution >= 4 is 21.6 Å². The number of carbonyl (C=O) groups excluding carboxylic acids is 1. The topological polar surface area (TPSA) is 70.6 Å². The van der Waals surface area contributed by atoms with E-state index >= 15 is 0 Å². The van der Waals surface area contributed by atoms with Gasteiger partial charge in [0.25, 0.3) is 0 Å². The lowest BCUT2D eigenvalue weighted by molar-refractivity contribution is -0.123. The van der Waals surface area contributed by atoms with Gasteiger partial charge in [0.15, 0.2) is 0 Å². The van der Waals surface area contributed by atoms with Crippen LogP contribution in [0.15, 0.2) is 41.4 Å². The van der Waals surface area contributed by atoms with E-state index in [0.29, 0.717) is 37.4 Å². The van der Waals surface area contributed by atoms with E-state index in [0.717, 1.165) is 43.5 Å². The molecule has 158 valence electrons. The van der Waals surface area contributed by atoms with E-state index in [1.54, 1.807) is 16.6 Å². The number of amides is 1. The second kappa shape index (κ2) is 7.78. The van der Waals surface area contributed by atoms with E-state index in [9.17, 15) is 13.2 Å². The lowest BCUT2D eigenvalue weighted by Crippen LogP contribution is -2.45. The first-order valence-corrected chi connectivity index (χ1v) is 12.4. The summed E-state index contributed by atoms with van der Waals surface area (Å²) in [5.41, 5.74) is 4.34. The van der Waals surface area contributed by atoms with Gasteiger partial charge in [0, 0.05) is 31.7 Å². The number of hydrogen-bond donors (Lipinski definition) is 0. The molecule has 7 heteroatoms. The first kappa shape index (κ1) is 19.7. The molecule has 1 saturated heterocycles. The van der Waals surface area contributed by atoms with Gasteiger partial charge >= 0.3 is 0 Å². The first-order valence-electron chi connectivity index (χ1n) is 10.9. The van der Waals surface area contributed by atoms with Crippen molar-refractivity contribution < 1.29 is 13.2 Å². The molecule has 1 aromatic heterocycles. The second-order valence-corrected chi connectivity index (χ2v) is 10.5. The number of rotatable bonds is 3. The normalized spacial score (nSPS) is 20.1. The fraction of sp³-hybridized carbons (Fsp3) is 0.478. The molecule has 0 N–H and O–H groups in total. The van der Waals surface area contributed by atoms with Crippen LogP contribution >= 0.6 is 0 Å². The van der Waals surface area contributed by atoms with Gasteiger partial charge in [0.1, 0.15) is 0 Å². The van der Waals surface area contributed by atoms with Crippen molar-refractivity contribution in [3.8, 4) is 0 Å². The molecule has 0 unspecified atom stereocenters. The molecule has 2 aromatic rings. The summed E-state index contributed by atoms with van der Waals surface area (Å²) in [6.45, 7) is 1.50. The number of anilines is 1. The molecule has 1 fully saturated rings. The summed E-state index contributed by atoms with van der Waals surface area (Å²) in [7, 11) is -3.51. The number of nitrogens with zero attached hydrogens (tertiary/aromatic N) is 3. The van der Waals surface area contributed by atoms with E-state index in [2.05, 4.69) is 4.98 Å². The third-order valence-corrected chi connectivity index (χ3v) is 8.62. The van der Waals surface area contributed by atoms with Gasteiger partial charge in [-0.1, -0.05) is 6.07 Å². The van der Waals surface area contributed by atoms with Gasteiger partial charge in [-0.05, 0) is 80.3 Å². The molecule has 1 aliphatic carbocycles. The molecule has 30 heavy (non-hydrogen) atoms. The van der Waals surface area contributed by atoms with E-state index in [1.807, 2.05) is 29.2 Å². The Bertz CT molecular complexity index is 1070. The Kier molecular flexibility index (Phi) is 5.11. The highest BCUT2D eigenvalue weighted by molar-refractivity contribution is 7.89. The van der Waals surface area contributed by atoms with Gasteiger partial charge in [-0.2, -0.15) is 4.31 Å². The van der Waals surface area contributed by atoms with Crippen LogP contribution in [0, 0.1) is 5.92 Å². The molecule has 3 heterocycles. The first-order chi connectivity index (χ1) is 14.5. The SMILES string of the molecule is O=C(C1CCN(S(=O)(=O)c2ccc3c(c2)CCC3)CC1)N1CCCc2ncccc21. The molecule has 3 aliphatic rings. The number of pyridine rings is 1. The van der Waals surface area contributed by atoms with Crippen molar-refractivity contribution in [2.24, 2.45) is 5.92 Å². The van der Waals surface area contributed by atoms with Crippen molar-refractivity contribution in [1.29, 1.82) is 0 Å². The summed E-state index contributed by atoms with van der Waals surface area (Å²) in [6, 6.07) is 9.40. The van der Waals surface area contributed by atoms with E-state index in [4.69, 9.17) is 0 Å². The highest BCUT2D eigenvalue weighted by Gasteiger charge is 2.35. The lowest BCUT2D eigenvalue weighted by atomic mass is 9.95. The standard InChI is InChI=1S/C23H27N3O3S/c27-23(26-13-3-6-21-22(26)7-2-12-24-21)18-10-14-25(15-11-18)30(28,29)20-9-8-17-4-1-5-19(17)16-20/h2,7-9,12,16,18H,1,3-6,10-11,13-15H2. The average Bonchev–Trinajstić information content (AvgIpc) is 3.26. The molecule has 1 amide bonds. The second-order valence-electron chi connectivity index (χ2n) is 8.53. The summed E-state index contributed by atoms with van der Waals surface area (Å²) < 4.78 is 27.9. The van der Waals surface area contributed by atoms with E-state index in [1.165, 1.54) is 11.1 Å². The third kappa shape index (κ3) is 3.44. The van der Waals surface area contributed by atoms with Crippen LogP contribution in [0.25, 0.3) is 0 Å². The average molecular weight is 426 g/mol. The number of benzene rings is 1. The monoisotopic (exact) mass is 425 g/mol. The maximum absolute atomic E-state index is 13.2. The number of aryl methyl sites for hydroxylation is 3. The Morgan fingerprint density at radius 2 is 1.77 bits per heavy atom. The highest BCUT2D eigenvalue weighted by Crippen LogP contribution is 2.31. The van der Waals surface area contributed by atoms with Crippen LogP contribution in [-0.2, 0) is 34.1 Å².